The van der Waals surface area contributed by atoms with E-state index >= 15 is 4.39 Å². The SMILES string of the molecule is Cc1ccc(S(=O)(=O)n2cc(-c3nc(NC4C5CCC(CC5)C4C(=O)O)c(F)c(-c4cccc5c4oc4ccccc45)n3)c3cc(F)cnc32)cc1. The summed E-state index contributed by atoms with van der Waals surface area (Å²) in [6, 6.07) is 19.5. The highest BCUT2D eigenvalue weighted by Gasteiger charge is 2.48. The van der Waals surface area contributed by atoms with E-state index in [9.17, 15) is 22.7 Å². The average Bonchev–Trinajstić information content (AvgIpc) is 3.72. The number of carboxylic acid groups (broad SMARTS) is 1. The summed E-state index contributed by atoms with van der Waals surface area (Å²) in [5.41, 5.74) is 1.98. The summed E-state index contributed by atoms with van der Waals surface area (Å²) < 4.78 is 67.1. The molecule has 3 aliphatic rings. The van der Waals surface area contributed by atoms with Crippen molar-refractivity contribution in [1.29, 1.82) is 0 Å². The van der Waals surface area contributed by atoms with Gasteiger partial charge in [0.1, 0.15) is 22.7 Å². The van der Waals surface area contributed by atoms with Crippen LogP contribution in [0.1, 0.15) is 31.2 Å². The molecule has 13 heteroatoms. The summed E-state index contributed by atoms with van der Waals surface area (Å²) in [4.78, 5) is 26.0. The monoisotopic (exact) mass is 719 g/mol. The maximum Gasteiger partial charge on any atom is 0.308 e. The van der Waals surface area contributed by atoms with Gasteiger partial charge in [-0.1, -0.05) is 48.0 Å². The van der Waals surface area contributed by atoms with E-state index in [0.717, 1.165) is 58.3 Å². The number of rotatable bonds is 7. The van der Waals surface area contributed by atoms with Gasteiger partial charge in [-0.25, -0.2) is 36.1 Å². The van der Waals surface area contributed by atoms with E-state index in [0.29, 0.717) is 16.7 Å². The zero-order valence-corrected chi connectivity index (χ0v) is 28.6. The number of hydrogen-bond acceptors (Lipinski definition) is 8. The van der Waals surface area contributed by atoms with Gasteiger partial charge in [0.2, 0.25) is 0 Å². The molecule has 2 atom stereocenters. The van der Waals surface area contributed by atoms with Crippen LogP contribution in [-0.2, 0) is 14.8 Å². The minimum Gasteiger partial charge on any atom is -0.481 e. The fraction of sp³-hybridized carbons (Fsp3) is 0.231. The molecule has 0 aliphatic heterocycles. The van der Waals surface area contributed by atoms with E-state index < -0.39 is 39.6 Å². The number of furan rings is 1. The number of nitrogens with one attached hydrogen (secondary N) is 1. The lowest BCUT2D eigenvalue weighted by atomic mass is 9.61. The number of anilines is 1. The van der Waals surface area contributed by atoms with E-state index in [1.165, 1.54) is 18.3 Å². The second kappa shape index (κ2) is 11.9. The number of nitrogens with zero attached hydrogens (tertiary/aromatic N) is 4. The lowest BCUT2D eigenvalue weighted by Gasteiger charge is -2.47. The summed E-state index contributed by atoms with van der Waals surface area (Å²) in [7, 11) is -4.25. The second-order valence-corrected chi connectivity index (χ2v) is 15.5. The molecule has 7 aromatic rings. The van der Waals surface area contributed by atoms with Crippen molar-refractivity contribution in [2.75, 3.05) is 5.32 Å². The van der Waals surface area contributed by atoms with Crippen LogP contribution < -0.4 is 5.32 Å². The smallest absolute Gasteiger partial charge is 0.308 e. The molecule has 4 heterocycles. The molecule has 2 bridgehead atoms. The summed E-state index contributed by atoms with van der Waals surface area (Å²) in [6.07, 6.45) is 5.34. The number of aryl methyl sites for hydroxylation is 1. The van der Waals surface area contributed by atoms with E-state index in [4.69, 9.17) is 4.42 Å². The first-order valence-electron chi connectivity index (χ1n) is 17.0. The van der Waals surface area contributed by atoms with Gasteiger partial charge in [-0.15, -0.1) is 0 Å². The van der Waals surface area contributed by atoms with Crippen molar-refractivity contribution in [2.24, 2.45) is 17.8 Å². The molecule has 2 N–H and O–H groups in total. The number of para-hydroxylation sites is 2. The molecule has 2 unspecified atom stereocenters. The lowest BCUT2D eigenvalue weighted by molar-refractivity contribution is -0.148. The first-order valence-corrected chi connectivity index (χ1v) is 18.5. The Labute approximate surface area is 296 Å². The van der Waals surface area contributed by atoms with Gasteiger partial charge in [-0.2, -0.15) is 0 Å². The number of carboxylic acids is 1. The Morgan fingerprint density at radius 2 is 1.63 bits per heavy atom. The third kappa shape index (κ3) is 5.05. The first-order chi connectivity index (χ1) is 25.1. The van der Waals surface area contributed by atoms with Crippen LogP contribution in [0.2, 0.25) is 0 Å². The van der Waals surface area contributed by atoms with Crippen molar-refractivity contribution >= 4 is 54.8 Å². The fourth-order valence-electron chi connectivity index (χ4n) is 8.18. The molecule has 262 valence electrons. The maximum atomic E-state index is 17.0. The Kier molecular flexibility index (Phi) is 7.40. The molecule has 4 aromatic heterocycles. The summed E-state index contributed by atoms with van der Waals surface area (Å²) in [5, 5.41) is 15.1. The summed E-state index contributed by atoms with van der Waals surface area (Å²) in [6.45, 7) is 1.84. The predicted octanol–water partition coefficient (Wildman–Crippen LogP) is 8.18. The van der Waals surface area contributed by atoms with Crippen molar-refractivity contribution in [3.63, 3.8) is 0 Å². The van der Waals surface area contributed by atoms with Crippen LogP contribution in [0.15, 0.2) is 94.5 Å². The Morgan fingerprint density at radius 1 is 0.904 bits per heavy atom. The van der Waals surface area contributed by atoms with Gasteiger partial charge in [-0.05, 0) is 74.8 Å². The predicted molar refractivity (Wildman–Crippen MR) is 191 cm³/mol. The zero-order valence-electron chi connectivity index (χ0n) is 27.8. The van der Waals surface area contributed by atoms with Gasteiger partial charge in [0.05, 0.1) is 17.0 Å². The van der Waals surface area contributed by atoms with Crippen LogP contribution in [0, 0.1) is 36.3 Å². The largest absolute Gasteiger partial charge is 0.481 e. The van der Waals surface area contributed by atoms with Crippen LogP contribution in [-0.4, -0.2) is 44.5 Å². The molecule has 0 radical (unpaired) electrons. The number of aliphatic carboxylic acids is 1. The van der Waals surface area contributed by atoms with Gasteiger partial charge in [-0.3, -0.25) is 4.79 Å². The Hall–Kier alpha value is -5.69. The molecule has 3 aromatic carbocycles. The standard InChI is InChI=1S/C39H31F2N5O5S/c1-20-9-15-24(16-10-20)52(49,50)46-19-29(28-17-23(40)18-42-38(28)46)36-44-34(27-7-4-6-26-25-5-2-3-8-30(25)51-35(26)27)32(41)37(45-36)43-33-22-13-11-21(12-14-22)31(33)39(47)48/h2-10,15-19,21-22,31,33H,11-14H2,1H3,(H,47,48)(H,43,44,45). The topological polar surface area (TPSA) is 140 Å². The quantitative estimate of drug-likeness (QED) is 0.167. The molecule has 10 nitrogen and oxygen atoms in total. The highest BCUT2D eigenvalue weighted by Crippen LogP contribution is 2.47. The fourth-order valence-corrected chi connectivity index (χ4v) is 9.51. The van der Waals surface area contributed by atoms with E-state index in [2.05, 4.69) is 20.3 Å². The normalized spacial score (nSPS) is 20.2. The Balaban J connectivity index is 1.29. The van der Waals surface area contributed by atoms with Gasteiger partial charge in [0, 0.05) is 39.5 Å². The summed E-state index contributed by atoms with van der Waals surface area (Å²) >= 11 is 0. The minimum absolute atomic E-state index is 0.0145. The van der Waals surface area contributed by atoms with E-state index in [1.807, 2.05) is 37.3 Å². The van der Waals surface area contributed by atoms with Crippen molar-refractivity contribution in [1.82, 2.24) is 18.9 Å². The van der Waals surface area contributed by atoms with E-state index in [1.54, 1.807) is 24.3 Å². The minimum atomic E-state index is -4.25. The second-order valence-electron chi connectivity index (χ2n) is 13.7. The van der Waals surface area contributed by atoms with Crippen LogP contribution in [0.4, 0.5) is 14.6 Å². The molecule has 3 saturated carbocycles. The van der Waals surface area contributed by atoms with Crippen molar-refractivity contribution in [3.05, 3.63) is 102 Å². The van der Waals surface area contributed by atoms with Gasteiger partial charge in [0.15, 0.2) is 23.1 Å². The van der Waals surface area contributed by atoms with Crippen molar-refractivity contribution < 1.29 is 31.5 Å². The molecule has 3 fully saturated rings. The molecule has 52 heavy (non-hydrogen) atoms. The number of aromatic nitrogens is 4. The molecule has 10 rings (SSSR count). The van der Waals surface area contributed by atoms with Crippen LogP contribution >= 0.6 is 0 Å². The number of halogens is 2. The Bertz CT molecular complexity index is 2680. The number of pyridine rings is 1. The highest BCUT2D eigenvalue weighted by atomic mass is 32.2. The number of fused-ring (bicyclic) bond motifs is 7. The van der Waals surface area contributed by atoms with Crippen molar-refractivity contribution in [3.8, 4) is 22.6 Å². The molecule has 0 spiro atoms. The first kappa shape index (κ1) is 32.2. The molecular formula is C39H31F2N5O5S. The number of hydrogen-bond donors (Lipinski definition) is 2. The van der Waals surface area contributed by atoms with Gasteiger partial charge < -0.3 is 14.8 Å². The Morgan fingerprint density at radius 3 is 2.40 bits per heavy atom. The maximum absolute atomic E-state index is 17.0. The molecule has 3 aliphatic carbocycles. The van der Waals surface area contributed by atoms with Crippen LogP contribution in [0.5, 0.6) is 0 Å². The zero-order chi connectivity index (χ0) is 35.9. The highest BCUT2D eigenvalue weighted by molar-refractivity contribution is 7.90. The summed E-state index contributed by atoms with van der Waals surface area (Å²) in [5.74, 6) is -3.72. The lowest BCUT2D eigenvalue weighted by Crippen LogP contribution is -2.51. The third-order valence-corrected chi connectivity index (χ3v) is 12.4. The van der Waals surface area contributed by atoms with E-state index in [-0.39, 0.29) is 50.7 Å². The number of benzene rings is 3. The molecule has 0 amide bonds. The van der Waals surface area contributed by atoms with Gasteiger partial charge >= 0.3 is 5.97 Å². The van der Waals surface area contributed by atoms with Gasteiger partial charge in [0.25, 0.3) is 10.0 Å². The molecule has 0 saturated heterocycles. The van der Waals surface area contributed by atoms with Crippen LogP contribution in [0.25, 0.3) is 55.6 Å². The third-order valence-electron chi connectivity index (χ3n) is 10.7. The average molecular weight is 720 g/mol. The number of carbonyl (C=O) groups is 1. The molecular weight excluding hydrogens is 689 g/mol. The van der Waals surface area contributed by atoms with Crippen molar-refractivity contribution in [2.45, 2.75) is 43.5 Å². The van der Waals surface area contributed by atoms with Crippen LogP contribution in [0.3, 0.4) is 0 Å².